The summed E-state index contributed by atoms with van der Waals surface area (Å²) in [5, 5.41) is 0.0512. The highest BCUT2D eigenvalue weighted by Crippen LogP contribution is 2.16. The minimum absolute atomic E-state index is 0.0512. The molecule has 0 saturated carbocycles. The van der Waals surface area contributed by atoms with E-state index in [9.17, 15) is 0 Å². The van der Waals surface area contributed by atoms with Crippen LogP contribution in [0.25, 0.3) is 0 Å². The highest BCUT2D eigenvalue weighted by Gasteiger charge is 2.07. The van der Waals surface area contributed by atoms with Crippen LogP contribution in [0.5, 0.6) is 12.0 Å². The molecule has 20 heavy (non-hydrogen) atoms. The first-order valence-electron chi connectivity index (χ1n) is 6.09. The average Bonchev–Trinajstić information content (AvgIpc) is 2.42. The van der Waals surface area contributed by atoms with Crippen LogP contribution in [0.4, 0.5) is 0 Å². The molecule has 0 fully saturated rings. The zero-order chi connectivity index (χ0) is 14.4. The summed E-state index contributed by atoms with van der Waals surface area (Å²) in [7, 11) is 0. The molecule has 0 saturated heterocycles. The van der Waals surface area contributed by atoms with Gasteiger partial charge < -0.3 is 9.47 Å². The Kier molecular flexibility index (Phi) is 5.55. The van der Waals surface area contributed by atoms with Crippen LogP contribution in [-0.2, 0) is 6.61 Å². The number of halogens is 2. The van der Waals surface area contributed by atoms with E-state index in [1.54, 1.807) is 0 Å². The largest absolute Gasteiger partial charge is 0.463 e. The van der Waals surface area contributed by atoms with Crippen LogP contribution in [0, 0.1) is 0 Å². The van der Waals surface area contributed by atoms with E-state index in [2.05, 4.69) is 30.9 Å². The molecule has 0 aliphatic heterocycles. The maximum atomic E-state index is 5.81. The highest BCUT2D eigenvalue weighted by molar-refractivity contribution is 9.10. The second-order valence-corrected chi connectivity index (χ2v) is 5.19. The molecule has 1 heterocycles. The molecule has 0 N–H and O–H groups in total. The predicted octanol–water partition coefficient (Wildman–Crippen LogP) is 3.66. The molecule has 0 amide bonds. The maximum Gasteiger partial charge on any atom is 0.324 e. The zero-order valence-electron chi connectivity index (χ0n) is 10.8. The predicted molar refractivity (Wildman–Crippen MR) is 79.1 cm³/mol. The fourth-order valence-electron chi connectivity index (χ4n) is 1.41. The van der Waals surface area contributed by atoms with Crippen LogP contribution < -0.4 is 9.47 Å². The third-order valence-electron chi connectivity index (χ3n) is 2.26. The lowest BCUT2D eigenvalue weighted by Gasteiger charge is -2.07. The van der Waals surface area contributed by atoms with Crippen molar-refractivity contribution in [3.63, 3.8) is 0 Å². The quantitative estimate of drug-likeness (QED) is 0.789. The molecule has 7 heteroatoms. The van der Waals surface area contributed by atoms with Gasteiger partial charge in [0, 0.05) is 4.47 Å². The average molecular weight is 359 g/mol. The molecule has 106 valence electrons. The minimum atomic E-state index is 0.0512. The number of rotatable bonds is 6. The van der Waals surface area contributed by atoms with Crippen molar-refractivity contribution in [2.24, 2.45) is 0 Å². The molecule has 0 unspecified atom stereocenters. The van der Waals surface area contributed by atoms with Gasteiger partial charge in [-0.15, -0.1) is 4.98 Å². The smallest absolute Gasteiger partial charge is 0.324 e. The molecule has 0 atom stereocenters. The fraction of sp³-hybridized carbons (Fsp3) is 0.308. The Bertz CT molecular complexity index is 583. The zero-order valence-corrected chi connectivity index (χ0v) is 13.2. The normalized spacial score (nSPS) is 10.3. The minimum Gasteiger partial charge on any atom is -0.463 e. The summed E-state index contributed by atoms with van der Waals surface area (Å²) in [5.41, 5.74) is 0.993. The van der Waals surface area contributed by atoms with Gasteiger partial charge in [0.2, 0.25) is 5.28 Å². The molecule has 1 aromatic carbocycles. The van der Waals surface area contributed by atoms with Crippen LogP contribution in [-0.4, -0.2) is 21.6 Å². The maximum absolute atomic E-state index is 5.81. The molecule has 2 aromatic rings. The number of hydrogen-bond acceptors (Lipinski definition) is 5. The summed E-state index contributed by atoms with van der Waals surface area (Å²) in [4.78, 5) is 11.8. The Labute approximate surface area is 130 Å². The first kappa shape index (κ1) is 15.0. The van der Waals surface area contributed by atoms with Crippen molar-refractivity contribution in [2.45, 2.75) is 20.0 Å². The Balaban J connectivity index is 2.03. The van der Waals surface area contributed by atoms with Crippen LogP contribution in [0.15, 0.2) is 28.7 Å². The number of benzene rings is 1. The molecule has 0 aliphatic carbocycles. The van der Waals surface area contributed by atoms with Crippen molar-refractivity contribution >= 4 is 27.5 Å². The van der Waals surface area contributed by atoms with E-state index in [0.29, 0.717) is 13.2 Å². The fourth-order valence-corrected chi connectivity index (χ4v) is 2.00. The summed E-state index contributed by atoms with van der Waals surface area (Å²) < 4.78 is 11.8. The van der Waals surface area contributed by atoms with E-state index in [1.807, 2.05) is 31.2 Å². The van der Waals surface area contributed by atoms with Gasteiger partial charge in [-0.3, -0.25) is 0 Å². The third-order valence-corrected chi connectivity index (χ3v) is 2.92. The van der Waals surface area contributed by atoms with Gasteiger partial charge in [0.1, 0.15) is 6.61 Å². The molecule has 1 aromatic heterocycles. The molecule has 0 radical (unpaired) electrons. The molecule has 2 rings (SSSR count). The lowest BCUT2D eigenvalue weighted by Crippen LogP contribution is -2.05. The van der Waals surface area contributed by atoms with E-state index in [4.69, 9.17) is 21.1 Å². The summed E-state index contributed by atoms with van der Waals surface area (Å²) in [5.74, 6) is 0. The molecular formula is C13H13BrClN3O2. The van der Waals surface area contributed by atoms with Gasteiger partial charge in [-0.25, -0.2) is 0 Å². The van der Waals surface area contributed by atoms with E-state index in [1.165, 1.54) is 0 Å². The van der Waals surface area contributed by atoms with Gasteiger partial charge in [0.15, 0.2) is 0 Å². The van der Waals surface area contributed by atoms with E-state index in [0.717, 1.165) is 16.5 Å². The highest BCUT2D eigenvalue weighted by atomic mass is 79.9. The van der Waals surface area contributed by atoms with Gasteiger partial charge in [-0.05, 0) is 35.7 Å². The Morgan fingerprint density at radius 1 is 1.15 bits per heavy atom. The van der Waals surface area contributed by atoms with E-state index < -0.39 is 0 Å². The van der Waals surface area contributed by atoms with Gasteiger partial charge >= 0.3 is 12.0 Å². The van der Waals surface area contributed by atoms with Crippen molar-refractivity contribution in [1.29, 1.82) is 0 Å². The van der Waals surface area contributed by atoms with Crippen LogP contribution in [0.1, 0.15) is 18.9 Å². The van der Waals surface area contributed by atoms with E-state index >= 15 is 0 Å². The van der Waals surface area contributed by atoms with E-state index in [-0.39, 0.29) is 17.3 Å². The Hall–Kier alpha value is -1.40. The number of nitrogens with zero attached hydrogens (tertiary/aromatic N) is 3. The van der Waals surface area contributed by atoms with Gasteiger partial charge in [0.25, 0.3) is 0 Å². The van der Waals surface area contributed by atoms with Crippen LogP contribution >= 0.6 is 27.5 Å². The van der Waals surface area contributed by atoms with Crippen LogP contribution in [0.2, 0.25) is 5.28 Å². The first-order valence-corrected chi connectivity index (χ1v) is 7.26. The molecule has 0 bridgehead atoms. The summed E-state index contributed by atoms with van der Waals surface area (Å²) in [6.07, 6.45) is 0.859. The number of hydrogen-bond donors (Lipinski definition) is 0. The summed E-state index contributed by atoms with van der Waals surface area (Å²) in [6, 6.07) is 8.10. The second-order valence-electron chi connectivity index (χ2n) is 3.94. The molecular weight excluding hydrogens is 346 g/mol. The number of ether oxygens (including phenoxy) is 2. The first-order chi connectivity index (χ1) is 9.67. The third kappa shape index (κ3) is 4.61. The van der Waals surface area contributed by atoms with Crippen molar-refractivity contribution in [1.82, 2.24) is 15.0 Å². The molecule has 0 aliphatic rings. The molecule has 5 nitrogen and oxygen atoms in total. The Morgan fingerprint density at radius 2 is 1.90 bits per heavy atom. The lowest BCUT2D eigenvalue weighted by molar-refractivity contribution is 0.255. The Morgan fingerprint density at radius 3 is 2.60 bits per heavy atom. The van der Waals surface area contributed by atoms with Crippen molar-refractivity contribution in [3.05, 3.63) is 39.6 Å². The summed E-state index contributed by atoms with van der Waals surface area (Å²) in [6.45, 7) is 2.85. The van der Waals surface area contributed by atoms with Gasteiger partial charge in [-0.2, -0.15) is 9.97 Å². The van der Waals surface area contributed by atoms with Crippen LogP contribution in [0.3, 0.4) is 0 Å². The SMILES string of the molecule is CCCOc1nc(Cl)nc(OCc2cccc(Br)c2)n1. The van der Waals surface area contributed by atoms with Gasteiger partial charge in [0.05, 0.1) is 6.61 Å². The monoisotopic (exact) mass is 357 g/mol. The second kappa shape index (κ2) is 7.40. The summed E-state index contributed by atoms with van der Waals surface area (Å²) >= 11 is 9.21. The van der Waals surface area contributed by atoms with Crippen molar-refractivity contribution in [2.75, 3.05) is 6.61 Å². The number of aromatic nitrogens is 3. The topological polar surface area (TPSA) is 57.1 Å². The lowest BCUT2D eigenvalue weighted by atomic mass is 10.2. The molecule has 0 spiro atoms. The standard InChI is InChI=1S/C13H13BrClN3O2/c1-2-6-19-12-16-11(15)17-13(18-12)20-8-9-4-3-5-10(14)7-9/h3-5,7H,2,6,8H2,1H3. The van der Waals surface area contributed by atoms with Crippen molar-refractivity contribution in [3.8, 4) is 12.0 Å². The van der Waals surface area contributed by atoms with Gasteiger partial charge in [-0.1, -0.05) is 35.0 Å². The van der Waals surface area contributed by atoms with Crippen molar-refractivity contribution < 1.29 is 9.47 Å².